The van der Waals surface area contributed by atoms with Crippen LogP contribution < -0.4 is 10.3 Å². The van der Waals surface area contributed by atoms with Gasteiger partial charge in [0.1, 0.15) is 23.8 Å². The van der Waals surface area contributed by atoms with E-state index in [1.165, 1.54) is 0 Å². The van der Waals surface area contributed by atoms with Gasteiger partial charge in [-0.25, -0.2) is 0 Å². The maximum Gasteiger partial charge on any atom is 0.282 e. The molecule has 39 heavy (non-hydrogen) atoms. The highest BCUT2D eigenvalue weighted by atomic mass is 28.3. The zero-order chi connectivity index (χ0) is 27.6. The van der Waals surface area contributed by atoms with Gasteiger partial charge in [0.25, 0.3) is 5.56 Å². The van der Waals surface area contributed by atoms with Crippen LogP contribution in [0.2, 0.25) is 25.7 Å². The van der Waals surface area contributed by atoms with Gasteiger partial charge in [0, 0.05) is 25.9 Å². The highest BCUT2D eigenvalue weighted by molar-refractivity contribution is 6.76. The second kappa shape index (κ2) is 11.3. The topological polar surface area (TPSA) is 67.0 Å². The fraction of sp³-hybridized carbons (Fsp3) is 0.355. The van der Waals surface area contributed by atoms with Gasteiger partial charge in [-0.15, -0.1) is 0 Å². The summed E-state index contributed by atoms with van der Waals surface area (Å²) in [7, 11) is 0.375. The second-order valence-electron chi connectivity index (χ2n) is 11.2. The Kier molecular flexibility index (Phi) is 7.88. The monoisotopic (exact) mass is 543 g/mol. The van der Waals surface area contributed by atoms with Crippen LogP contribution in [0.5, 0.6) is 5.75 Å². The average molecular weight is 544 g/mol. The molecular formula is C31H37N3O4Si. The van der Waals surface area contributed by atoms with Crippen LogP contribution in [0.15, 0.2) is 65.5 Å². The summed E-state index contributed by atoms with van der Waals surface area (Å²) in [4.78, 5) is 14.2. The molecular weight excluding hydrogens is 506 g/mol. The maximum atomic E-state index is 14.2. The molecule has 0 spiro atoms. The van der Waals surface area contributed by atoms with Crippen molar-refractivity contribution >= 4 is 19.3 Å². The molecule has 1 aliphatic heterocycles. The van der Waals surface area contributed by atoms with Gasteiger partial charge >= 0.3 is 0 Å². The lowest BCUT2D eigenvalue weighted by Crippen LogP contribution is -2.26. The van der Waals surface area contributed by atoms with Gasteiger partial charge in [-0.2, -0.15) is 9.61 Å². The van der Waals surface area contributed by atoms with Crippen molar-refractivity contribution in [3.63, 3.8) is 0 Å². The van der Waals surface area contributed by atoms with Crippen LogP contribution in [-0.4, -0.2) is 49.2 Å². The van der Waals surface area contributed by atoms with E-state index in [-0.39, 0.29) is 5.56 Å². The average Bonchev–Trinajstić information content (AvgIpc) is 3.34. The minimum absolute atomic E-state index is 0.160. The largest absolute Gasteiger partial charge is 0.497 e. The van der Waals surface area contributed by atoms with Crippen molar-refractivity contribution in [1.29, 1.82) is 0 Å². The number of aromatic nitrogens is 3. The van der Waals surface area contributed by atoms with Crippen molar-refractivity contribution < 1.29 is 14.2 Å². The lowest BCUT2D eigenvalue weighted by molar-refractivity contribution is 0.0877. The highest BCUT2D eigenvalue weighted by Crippen LogP contribution is 2.35. The Labute approximate surface area is 230 Å². The first-order chi connectivity index (χ1) is 18.8. The number of hydrogen-bond donors (Lipinski definition) is 0. The van der Waals surface area contributed by atoms with E-state index in [0.717, 1.165) is 57.5 Å². The predicted octanol–water partition coefficient (Wildman–Crippen LogP) is 6.26. The number of ether oxygens (including phenoxy) is 3. The first kappa shape index (κ1) is 27.1. The first-order valence-electron chi connectivity index (χ1n) is 13.5. The van der Waals surface area contributed by atoms with Crippen LogP contribution in [0, 0.1) is 6.92 Å². The summed E-state index contributed by atoms with van der Waals surface area (Å²) in [5.41, 5.74) is 6.52. The molecule has 1 aliphatic rings. The number of rotatable bonds is 9. The zero-order valence-corrected chi connectivity index (χ0v) is 24.5. The number of nitrogens with zero attached hydrogens (tertiary/aromatic N) is 3. The van der Waals surface area contributed by atoms with E-state index >= 15 is 0 Å². The van der Waals surface area contributed by atoms with Gasteiger partial charge in [-0.3, -0.25) is 4.79 Å². The van der Waals surface area contributed by atoms with E-state index in [1.807, 2.05) is 61.5 Å². The smallest absolute Gasteiger partial charge is 0.282 e. The molecule has 0 saturated heterocycles. The molecule has 5 rings (SSSR count). The summed E-state index contributed by atoms with van der Waals surface area (Å²) in [5.74, 6) is 0.740. The molecule has 8 heteroatoms. The molecule has 0 bridgehead atoms. The molecule has 4 aromatic rings. The quantitative estimate of drug-likeness (QED) is 0.184. The molecule has 0 atom stereocenters. The summed E-state index contributed by atoms with van der Waals surface area (Å²) in [6.45, 7) is 11.2. The van der Waals surface area contributed by atoms with Gasteiger partial charge < -0.3 is 18.8 Å². The Bertz CT molecular complexity index is 1550. The second-order valence-corrected chi connectivity index (χ2v) is 16.8. The van der Waals surface area contributed by atoms with Gasteiger partial charge in [0.05, 0.1) is 31.5 Å². The highest BCUT2D eigenvalue weighted by Gasteiger charge is 2.26. The summed E-state index contributed by atoms with van der Waals surface area (Å²) in [5, 5.41) is 4.96. The van der Waals surface area contributed by atoms with Crippen molar-refractivity contribution in [2.24, 2.45) is 0 Å². The Morgan fingerprint density at radius 3 is 2.38 bits per heavy atom. The van der Waals surface area contributed by atoms with Crippen LogP contribution in [0.1, 0.15) is 17.7 Å². The van der Waals surface area contributed by atoms with E-state index in [2.05, 4.69) is 30.3 Å². The fourth-order valence-corrected chi connectivity index (χ4v) is 5.72. The zero-order valence-electron chi connectivity index (χ0n) is 23.5. The predicted molar refractivity (Wildman–Crippen MR) is 159 cm³/mol. The van der Waals surface area contributed by atoms with Gasteiger partial charge in [0.15, 0.2) is 0 Å². The molecule has 204 valence electrons. The van der Waals surface area contributed by atoms with E-state index in [1.54, 1.807) is 11.6 Å². The van der Waals surface area contributed by atoms with Crippen LogP contribution >= 0.6 is 0 Å². The number of benzene rings is 2. The van der Waals surface area contributed by atoms with E-state index < -0.39 is 8.07 Å². The minimum Gasteiger partial charge on any atom is -0.497 e. The Hall–Kier alpha value is -3.46. The molecule has 0 radical (unpaired) electrons. The first-order valence-corrected chi connectivity index (χ1v) is 17.2. The lowest BCUT2D eigenvalue weighted by Gasteiger charge is -2.21. The summed E-state index contributed by atoms with van der Waals surface area (Å²) < 4.78 is 21.2. The minimum atomic E-state index is -1.26. The SMILES string of the molecule is COc1ccc(-c2c(C)n(COCC[Si](C)(C)C)c3c(C4=CCCOC4)c(-c4ccccc4)nn3c2=O)cc1. The van der Waals surface area contributed by atoms with Gasteiger partial charge in [-0.1, -0.05) is 68.2 Å². The van der Waals surface area contributed by atoms with E-state index in [4.69, 9.17) is 19.3 Å². The molecule has 0 amide bonds. The van der Waals surface area contributed by atoms with Crippen molar-refractivity contribution in [1.82, 2.24) is 14.2 Å². The van der Waals surface area contributed by atoms with E-state index in [9.17, 15) is 4.79 Å². The normalized spacial score (nSPS) is 14.0. The number of hydrogen-bond acceptors (Lipinski definition) is 5. The Morgan fingerprint density at radius 2 is 1.74 bits per heavy atom. The molecule has 7 nitrogen and oxygen atoms in total. The lowest BCUT2D eigenvalue weighted by atomic mass is 9.99. The van der Waals surface area contributed by atoms with Crippen molar-refractivity contribution in [3.8, 4) is 28.1 Å². The third-order valence-electron chi connectivity index (χ3n) is 7.16. The molecule has 0 fully saturated rings. The summed E-state index contributed by atoms with van der Waals surface area (Å²) in [6.07, 6.45) is 3.03. The molecule has 2 aromatic heterocycles. The van der Waals surface area contributed by atoms with Crippen LogP contribution in [0.25, 0.3) is 33.6 Å². The maximum absolute atomic E-state index is 14.2. The third kappa shape index (κ3) is 5.64. The molecule has 3 heterocycles. The fourth-order valence-electron chi connectivity index (χ4n) is 4.96. The Morgan fingerprint density at radius 1 is 1.00 bits per heavy atom. The molecule has 0 aliphatic carbocycles. The van der Waals surface area contributed by atoms with Crippen LogP contribution in [0.4, 0.5) is 0 Å². The van der Waals surface area contributed by atoms with Gasteiger partial charge in [-0.05, 0) is 42.7 Å². The third-order valence-corrected chi connectivity index (χ3v) is 8.87. The molecule has 2 aromatic carbocycles. The standard InChI is InChI=1S/C31H37N3O4Si/c1-22-27(23-13-15-26(36-2)16-14-23)31(35)34-30(33(22)21-38-18-19-39(3,4)5)28(25-12-9-17-37-20-25)29(32-34)24-10-7-6-8-11-24/h6-8,10-16H,9,17-21H2,1-5H3. The molecule has 0 N–H and O–H groups in total. The van der Waals surface area contributed by atoms with Crippen LogP contribution in [-0.2, 0) is 16.2 Å². The van der Waals surface area contributed by atoms with E-state index in [0.29, 0.717) is 32.1 Å². The van der Waals surface area contributed by atoms with Crippen LogP contribution in [0.3, 0.4) is 0 Å². The van der Waals surface area contributed by atoms with Crippen molar-refractivity contribution in [2.45, 2.75) is 45.8 Å². The van der Waals surface area contributed by atoms with Gasteiger partial charge in [0.2, 0.25) is 0 Å². The number of methoxy groups -OCH3 is 1. The summed E-state index contributed by atoms with van der Waals surface area (Å²) >= 11 is 0. The van der Waals surface area contributed by atoms with Crippen molar-refractivity contribution in [3.05, 3.63) is 82.3 Å². The molecule has 0 saturated carbocycles. The molecule has 0 unspecified atom stereocenters. The van der Waals surface area contributed by atoms with Crippen molar-refractivity contribution in [2.75, 3.05) is 26.9 Å². The number of fused-ring (bicyclic) bond motifs is 1. The summed E-state index contributed by atoms with van der Waals surface area (Å²) in [6, 6.07) is 18.7. The Balaban J connectivity index is 1.77.